The number of hydrogen-bond donors (Lipinski definition) is 2. The lowest BCUT2D eigenvalue weighted by atomic mass is 9.89. The summed E-state index contributed by atoms with van der Waals surface area (Å²) in [6, 6.07) is 2.10. The number of fused-ring (bicyclic) bond motifs is 8. The van der Waals surface area contributed by atoms with Crippen LogP contribution in [-0.2, 0) is 11.2 Å². The number of piperidine rings is 1. The largest absolute Gasteiger partial charge is 0.461 e. The van der Waals surface area contributed by atoms with E-state index in [1.165, 1.54) is 0 Å². The average molecular weight is 631 g/mol. The molecule has 0 aliphatic carbocycles. The van der Waals surface area contributed by atoms with Crippen LogP contribution >= 0.6 is 0 Å². The smallest absolute Gasteiger partial charge is 0.319 e. The van der Waals surface area contributed by atoms with Crippen molar-refractivity contribution in [3.8, 4) is 17.3 Å². The zero-order valence-corrected chi connectivity index (χ0v) is 26.5. The molecule has 0 radical (unpaired) electrons. The molecule has 9 rings (SSSR count). The van der Waals surface area contributed by atoms with Crippen LogP contribution in [0.25, 0.3) is 33.1 Å². The maximum absolute atomic E-state index is 17.1. The number of rotatable bonds is 3. The number of halogens is 2. The van der Waals surface area contributed by atoms with E-state index in [4.69, 9.17) is 14.7 Å². The maximum Gasteiger partial charge on any atom is 0.319 e. The number of carbonyl (C=O) groups excluding carboxylic acids is 1. The molecule has 0 unspecified atom stereocenters. The van der Waals surface area contributed by atoms with E-state index in [1.54, 1.807) is 12.4 Å². The third-order valence-corrected chi connectivity index (χ3v) is 10.7. The molecule has 3 saturated heterocycles. The number of carbonyl (C=O) groups is 1. The molecule has 2 N–H and O–H groups in total. The lowest BCUT2D eigenvalue weighted by Gasteiger charge is -2.42. The van der Waals surface area contributed by atoms with Gasteiger partial charge in [-0.15, -0.1) is 0 Å². The van der Waals surface area contributed by atoms with Crippen LogP contribution in [0.5, 0.6) is 6.01 Å². The number of nitrogens with one attached hydrogen (secondary N) is 2. The number of anilines is 1. The van der Waals surface area contributed by atoms with Crippen LogP contribution in [0.2, 0.25) is 0 Å². The van der Waals surface area contributed by atoms with Gasteiger partial charge in [-0.1, -0.05) is 0 Å². The molecule has 4 aromatic rings. The zero-order chi connectivity index (χ0) is 31.6. The highest BCUT2D eigenvalue weighted by molar-refractivity contribution is 5.99. The molecule has 10 nitrogen and oxygen atoms in total. The summed E-state index contributed by atoms with van der Waals surface area (Å²) in [5, 5.41) is 11.9. The number of aromatic amines is 1. The summed E-state index contributed by atoms with van der Waals surface area (Å²) < 4.78 is 37.9. The summed E-state index contributed by atoms with van der Waals surface area (Å²) in [7, 11) is 0. The van der Waals surface area contributed by atoms with Crippen molar-refractivity contribution in [3.05, 3.63) is 35.4 Å². The molecule has 0 saturated carbocycles. The Hall–Kier alpha value is -3.93. The number of pyridine rings is 1. The van der Waals surface area contributed by atoms with Gasteiger partial charge in [-0.25, -0.2) is 8.78 Å². The molecule has 1 amide bonds. The van der Waals surface area contributed by atoms with E-state index >= 15 is 4.39 Å². The molecule has 5 aliphatic heterocycles. The number of nitrogens with zero attached hydrogens (tertiary/aromatic N) is 6. The molecule has 242 valence electrons. The van der Waals surface area contributed by atoms with E-state index in [-0.39, 0.29) is 29.7 Å². The topological polar surface area (TPSA) is 112 Å². The fourth-order valence-electron chi connectivity index (χ4n) is 8.52. The SMILES string of the molecule is Cc1cc2[nH]ncc2c2c1CCCCC(=O)N[C@]1(C)CCCN(C1)c1nc(OC[C@@]34CCCN3C[C@H](F)C4)nc3c(F)c-2ncc13. The summed E-state index contributed by atoms with van der Waals surface area (Å²) in [6.45, 7) is 6.76. The van der Waals surface area contributed by atoms with Crippen molar-refractivity contribution in [1.82, 2.24) is 35.4 Å². The Bertz CT molecular complexity index is 1850. The number of benzene rings is 1. The summed E-state index contributed by atoms with van der Waals surface area (Å²) in [5.41, 5.74) is 2.94. The molecule has 8 heterocycles. The van der Waals surface area contributed by atoms with Crippen molar-refractivity contribution in [1.29, 1.82) is 0 Å². The number of amides is 1. The summed E-state index contributed by atoms with van der Waals surface area (Å²) in [4.78, 5) is 31.8. The lowest BCUT2D eigenvalue weighted by molar-refractivity contribution is -0.123. The normalized spacial score (nSPS) is 27.0. The monoisotopic (exact) mass is 630 g/mol. The Balaban J connectivity index is 1.30. The molecule has 1 aromatic carbocycles. The minimum Gasteiger partial charge on any atom is -0.461 e. The number of alkyl halides is 1. The van der Waals surface area contributed by atoms with E-state index in [9.17, 15) is 9.18 Å². The van der Waals surface area contributed by atoms with Gasteiger partial charge >= 0.3 is 6.01 Å². The molecule has 6 bridgehead atoms. The fourth-order valence-corrected chi connectivity index (χ4v) is 8.52. The van der Waals surface area contributed by atoms with Gasteiger partial charge in [0.15, 0.2) is 5.82 Å². The summed E-state index contributed by atoms with van der Waals surface area (Å²) >= 11 is 0. The van der Waals surface area contributed by atoms with Crippen LogP contribution in [0, 0.1) is 12.7 Å². The second-order valence-electron chi connectivity index (χ2n) is 14.1. The Kier molecular flexibility index (Phi) is 7.11. The van der Waals surface area contributed by atoms with E-state index in [2.05, 4.69) is 37.2 Å². The van der Waals surface area contributed by atoms with E-state index in [0.29, 0.717) is 62.1 Å². The molecule has 0 spiro atoms. The highest BCUT2D eigenvalue weighted by atomic mass is 19.1. The van der Waals surface area contributed by atoms with Crippen LogP contribution in [0.15, 0.2) is 18.5 Å². The number of ether oxygens (including phenoxy) is 1. The summed E-state index contributed by atoms with van der Waals surface area (Å²) in [6.07, 6.45) is 8.97. The molecule has 5 aliphatic rings. The van der Waals surface area contributed by atoms with Crippen molar-refractivity contribution >= 4 is 33.5 Å². The van der Waals surface area contributed by atoms with E-state index < -0.39 is 23.1 Å². The van der Waals surface area contributed by atoms with Gasteiger partial charge in [-0.2, -0.15) is 15.1 Å². The Morgan fingerprint density at radius 3 is 2.83 bits per heavy atom. The van der Waals surface area contributed by atoms with Gasteiger partial charge in [0.25, 0.3) is 0 Å². The number of aromatic nitrogens is 5. The first-order chi connectivity index (χ1) is 22.2. The van der Waals surface area contributed by atoms with Gasteiger partial charge in [0.2, 0.25) is 5.91 Å². The molecule has 3 atom stereocenters. The number of hydrogen-bond acceptors (Lipinski definition) is 8. The average Bonchev–Trinajstić information content (AvgIpc) is 3.72. The van der Waals surface area contributed by atoms with Crippen LogP contribution < -0.4 is 15.0 Å². The third kappa shape index (κ3) is 4.96. The molecule has 12 heteroatoms. The Morgan fingerprint density at radius 2 is 1.93 bits per heavy atom. The molecular formula is C34H40F2N8O2. The van der Waals surface area contributed by atoms with Crippen LogP contribution in [0.3, 0.4) is 0 Å². The van der Waals surface area contributed by atoms with Crippen molar-refractivity contribution in [2.75, 3.05) is 37.7 Å². The first kappa shape index (κ1) is 29.5. The molecular weight excluding hydrogens is 590 g/mol. The first-order valence-corrected chi connectivity index (χ1v) is 16.6. The maximum atomic E-state index is 17.1. The molecule has 46 heavy (non-hydrogen) atoms. The molecule has 3 fully saturated rings. The predicted octanol–water partition coefficient (Wildman–Crippen LogP) is 5.17. The van der Waals surface area contributed by atoms with Gasteiger partial charge in [-0.3, -0.25) is 19.8 Å². The highest BCUT2D eigenvalue weighted by Gasteiger charge is 2.49. The van der Waals surface area contributed by atoms with Crippen LogP contribution in [0.1, 0.15) is 69.4 Å². The van der Waals surface area contributed by atoms with E-state index in [1.807, 2.05) is 13.0 Å². The minimum atomic E-state index is -0.889. The van der Waals surface area contributed by atoms with Gasteiger partial charge < -0.3 is 15.0 Å². The van der Waals surface area contributed by atoms with Gasteiger partial charge in [0.1, 0.15) is 29.8 Å². The zero-order valence-electron chi connectivity index (χ0n) is 26.5. The first-order valence-electron chi connectivity index (χ1n) is 16.6. The van der Waals surface area contributed by atoms with Crippen molar-refractivity contribution < 1.29 is 18.3 Å². The van der Waals surface area contributed by atoms with Gasteiger partial charge in [0, 0.05) is 49.6 Å². The standard InChI is InChI=1S/C34H40F2N8O2/c1-20-13-25-23(16-38-42-25)27-22(20)7-3-4-8-26(45)41-33(2)9-5-11-43(18-33)31-24-15-37-30(27)28(36)29(24)39-32(40-31)46-19-34-10-6-12-44(34)17-21(35)14-34/h13,15-16,21H,3-12,14,17-19H2,1-2H3,(H,38,42)(H,41,45)/t21-,33-,34+/m1/s1. The fraction of sp³-hybridized carbons (Fsp3) is 0.559. The van der Waals surface area contributed by atoms with Crippen molar-refractivity contribution in [2.24, 2.45) is 0 Å². The van der Waals surface area contributed by atoms with Crippen molar-refractivity contribution in [3.63, 3.8) is 0 Å². The Morgan fingerprint density at radius 1 is 1.09 bits per heavy atom. The summed E-state index contributed by atoms with van der Waals surface area (Å²) in [5.74, 6) is 0.0271. The third-order valence-electron chi connectivity index (χ3n) is 10.7. The number of H-pyrrole nitrogens is 1. The second-order valence-corrected chi connectivity index (χ2v) is 14.1. The number of aryl methyl sites for hydroxylation is 1. The Labute approximate surface area is 266 Å². The highest BCUT2D eigenvalue weighted by Crippen LogP contribution is 2.42. The second kappa shape index (κ2) is 11.1. The quantitative estimate of drug-likeness (QED) is 0.319. The van der Waals surface area contributed by atoms with Gasteiger partial charge in [0.05, 0.1) is 28.2 Å². The minimum absolute atomic E-state index is 0.0367. The van der Waals surface area contributed by atoms with Crippen molar-refractivity contribution in [2.45, 2.75) is 88.9 Å². The lowest BCUT2D eigenvalue weighted by Crippen LogP contribution is -2.57. The molecule has 3 aromatic heterocycles. The van der Waals surface area contributed by atoms with Gasteiger partial charge in [-0.05, 0) is 82.5 Å². The predicted molar refractivity (Wildman–Crippen MR) is 171 cm³/mol. The van der Waals surface area contributed by atoms with Crippen LogP contribution in [0.4, 0.5) is 14.6 Å². The van der Waals surface area contributed by atoms with E-state index in [0.717, 1.165) is 60.7 Å². The van der Waals surface area contributed by atoms with Crippen LogP contribution in [-0.4, -0.2) is 86.0 Å².